The molecule has 0 N–H and O–H groups in total. The van der Waals surface area contributed by atoms with Gasteiger partial charge >= 0.3 is 5.69 Å². The molecule has 2 aromatic carbocycles. The Hall–Kier alpha value is -4.05. The summed E-state index contributed by atoms with van der Waals surface area (Å²) in [5, 5.41) is 9.83. The van der Waals surface area contributed by atoms with Gasteiger partial charge in [0.25, 0.3) is 0 Å². The van der Waals surface area contributed by atoms with Crippen LogP contribution in [0.2, 0.25) is 0 Å². The van der Waals surface area contributed by atoms with Crippen LogP contribution in [0.15, 0.2) is 53.7 Å². The van der Waals surface area contributed by atoms with Gasteiger partial charge in [0.15, 0.2) is 5.82 Å². The van der Waals surface area contributed by atoms with E-state index >= 15 is 4.39 Å². The monoisotopic (exact) mass is 555 g/mol. The average molecular weight is 556 g/mol. The average Bonchev–Trinajstić information content (AvgIpc) is 3.42. The Balaban J connectivity index is 1.29. The van der Waals surface area contributed by atoms with E-state index in [0.29, 0.717) is 28.5 Å². The van der Waals surface area contributed by atoms with Gasteiger partial charge in [-0.2, -0.15) is 10.2 Å². The maximum absolute atomic E-state index is 15.9. The third-order valence-electron chi connectivity index (χ3n) is 9.37. The van der Waals surface area contributed by atoms with Gasteiger partial charge in [0.1, 0.15) is 11.6 Å². The summed E-state index contributed by atoms with van der Waals surface area (Å²) in [6.07, 6.45) is 10.8. The van der Waals surface area contributed by atoms with Crippen molar-refractivity contribution in [1.82, 2.24) is 33.6 Å². The Labute approximate surface area is 235 Å². The smallest absolute Gasteiger partial charge is 0.299 e. The Morgan fingerprint density at radius 1 is 1.00 bits per heavy atom. The molecule has 2 saturated carbocycles. The van der Waals surface area contributed by atoms with E-state index in [1.165, 1.54) is 10.6 Å². The Kier molecular flexibility index (Phi) is 5.41. The predicted molar refractivity (Wildman–Crippen MR) is 151 cm³/mol. The highest BCUT2D eigenvalue weighted by Gasteiger charge is 2.33. The summed E-state index contributed by atoms with van der Waals surface area (Å²) in [5.41, 5.74) is 3.79. The van der Waals surface area contributed by atoms with Gasteiger partial charge in [-0.15, -0.1) is 0 Å². The molecule has 10 heteroatoms. The molecule has 5 aromatic rings. The number of hydrogen-bond acceptors (Lipinski definition) is 4. The van der Waals surface area contributed by atoms with Crippen molar-refractivity contribution in [1.29, 1.82) is 0 Å². The van der Waals surface area contributed by atoms with Gasteiger partial charge in [-0.25, -0.2) is 18.3 Å². The van der Waals surface area contributed by atoms with Gasteiger partial charge in [-0.1, -0.05) is 0 Å². The first-order valence-electron chi connectivity index (χ1n) is 14.5. The molecule has 0 bridgehead atoms. The number of benzene rings is 2. The third-order valence-corrected chi connectivity index (χ3v) is 9.37. The lowest BCUT2D eigenvalue weighted by Gasteiger charge is -2.29. The van der Waals surface area contributed by atoms with E-state index < -0.39 is 11.5 Å². The van der Waals surface area contributed by atoms with Crippen LogP contribution in [0.5, 0.6) is 0 Å². The standard InChI is InChI=1S/C31H31F2N7O/c1-18-28-25(12-13-36(18)2)35-40(21-8-9-24(32)22(16-21)19-6-7-19)30(28)38-15-14-37(31(38)41)27-11-10-26-23(29(27)33)17-34-39(26)20-4-3-5-20/h8-11,14-20H,3-7,12-13H2,1-2H3. The molecule has 8 rings (SSSR count). The summed E-state index contributed by atoms with van der Waals surface area (Å²) in [6.45, 7) is 2.94. The van der Waals surface area contributed by atoms with Crippen LogP contribution in [-0.2, 0) is 6.42 Å². The van der Waals surface area contributed by atoms with E-state index in [9.17, 15) is 9.18 Å². The van der Waals surface area contributed by atoms with Crippen LogP contribution < -0.4 is 5.69 Å². The predicted octanol–water partition coefficient (Wildman–Crippen LogP) is 5.59. The fraction of sp³-hybridized carbons (Fsp3) is 0.387. The van der Waals surface area contributed by atoms with Crippen molar-refractivity contribution in [2.75, 3.05) is 13.6 Å². The number of rotatable bonds is 5. The lowest BCUT2D eigenvalue weighted by molar-refractivity contribution is 0.246. The van der Waals surface area contributed by atoms with Crippen molar-refractivity contribution in [3.05, 3.63) is 87.9 Å². The second-order valence-corrected chi connectivity index (χ2v) is 11.8. The first kappa shape index (κ1) is 24.7. The van der Waals surface area contributed by atoms with Crippen LogP contribution in [0, 0.1) is 11.6 Å². The molecule has 41 heavy (non-hydrogen) atoms. The number of aromatic nitrogens is 6. The van der Waals surface area contributed by atoms with Crippen molar-refractivity contribution >= 4 is 10.9 Å². The number of likely N-dealkylation sites (N-methyl/N-ethyl adjacent to an activating group) is 1. The molecule has 1 aliphatic heterocycles. The van der Waals surface area contributed by atoms with Crippen LogP contribution in [0.4, 0.5) is 8.78 Å². The zero-order valence-electron chi connectivity index (χ0n) is 23.1. The quantitative estimate of drug-likeness (QED) is 0.284. The molecule has 0 amide bonds. The molecule has 0 saturated heterocycles. The van der Waals surface area contributed by atoms with Crippen molar-refractivity contribution in [3.63, 3.8) is 0 Å². The molecule has 210 valence electrons. The first-order chi connectivity index (χ1) is 19.9. The lowest BCUT2D eigenvalue weighted by atomic mass is 9.93. The van der Waals surface area contributed by atoms with Crippen LogP contribution >= 0.6 is 0 Å². The SMILES string of the molecule is CC1c2c(nn(-c3ccc(F)c(C4CC4)c3)c2-n2ccn(-c3ccc4c(cnn4C4CCC4)c3F)c2=O)CCN1C. The highest BCUT2D eigenvalue weighted by atomic mass is 19.1. The first-order valence-corrected chi connectivity index (χ1v) is 14.5. The van der Waals surface area contributed by atoms with E-state index in [4.69, 9.17) is 5.10 Å². The van der Waals surface area contributed by atoms with Gasteiger partial charge in [-0.3, -0.25) is 18.7 Å². The number of halogens is 2. The van der Waals surface area contributed by atoms with Gasteiger partial charge in [-0.05, 0) is 87.9 Å². The summed E-state index contributed by atoms with van der Waals surface area (Å²) in [4.78, 5) is 16.3. The van der Waals surface area contributed by atoms with E-state index in [1.54, 1.807) is 40.0 Å². The third kappa shape index (κ3) is 3.69. The van der Waals surface area contributed by atoms with Gasteiger partial charge < -0.3 is 0 Å². The summed E-state index contributed by atoms with van der Waals surface area (Å²) in [6, 6.07) is 8.89. The molecule has 2 aliphatic carbocycles. The largest absolute Gasteiger partial charge is 0.338 e. The zero-order valence-corrected chi connectivity index (χ0v) is 23.1. The van der Waals surface area contributed by atoms with Crippen LogP contribution in [0.3, 0.4) is 0 Å². The minimum atomic E-state index is -0.468. The van der Waals surface area contributed by atoms with Gasteiger partial charge in [0, 0.05) is 37.0 Å². The molecule has 4 heterocycles. The maximum atomic E-state index is 15.9. The minimum Gasteiger partial charge on any atom is -0.299 e. The van der Waals surface area contributed by atoms with E-state index in [1.807, 2.05) is 16.8 Å². The van der Waals surface area contributed by atoms with Crippen LogP contribution in [0.1, 0.15) is 73.9 Å². The number of imidazole rings is 1. The highest BCUT2D eigenvalue weighted by Crippen LogP contribution is 2.42. The van der Waals surface area contributed by atoms with Crippen molar-refractivity contribution in [2.45, 2.75) is 63.5 Å². The van der Waals surface area contributed by atoms with Crippen LogP contribution in [-0.4, -0.2) is 47.2 Å². The van der Waals surface area contributed by atoms with E-state index in [2.05, 4.69) is 24.0 Å². The fourth-order valence-corrected chi connectivity index (χ4v) is 6.46. The molecule has 1 atom stereocenters. The second-order valence-electron chi connectivity index (χ2n) is 11.8. The summed E-state index contributed by atoms with van der Waals surface area (Å²) in [7, 11) is 2.06. The van der Waals surface area contributed by atoms with Crippen molar-refractivity contribution < 1.29 is 8.78 Å². The molecular formula is C31H31F2N7O. The maximum Gasteiger partial charge on any atom is 0.338 e. The number of fused-ring (bicyclic) bond motifs is 2. The highest BCUT2D eigenvalue weighted by molar-refractivity contribution is 5.82. The molecule has 2 fully saturated rings. The molecule has 0 radical (unpaired) electrons. The molecule has 8 nitrogen and oxygen atoms in total. The normalized spacial score (nSPS) is 19.6. The molecule has 0 spiro atoms. The minimum absolute atomic E-state index is 0.00605. The molecule has 1 unspecified atom stereocenters. The summed E-state index contributed by atoms with van der Waals surface area (Å²) in [5.74, 6) is 0.154. The van der Waals surface area contributed by atoms with Gasteiger partial charge in [0.05, 0.1) is 40.2 Å². The Morgan fingerprint density at radius 2 is 1.80 bits per heavy atom. The van der Waals surface area contributed by atoms with Crippen molar-refractivity contribution in [3.8, 4) is 17.2 Å². The number of nitrogens with zero attached hydrogens (tertiary/aromatic N) is 7. The summed E-state index contributed by atoms with van der Waals surface area (Å²) >= 11 is 0. The molecule has 3 aliphatic rings. The fourth-order valence-electron chi connectivity index (χ4n) is 6.46. The zero-order chi connectivity index (χ0) is 28.0. The second kappa shape index (κ2) is 8.97. The lowest BCUT2D eigenvalue weighted by Crippen LogP contribution is -2.31. The van der Waals surface area contributed by atoms with Crippen molar-refractivity contribution in [2.24, 2.45) is 0 Å². The molecular weight excluding hydrogens is 524 g/mol. The summed E-state index contributed by atoms with van der Waals surface area (Å²) < 4.78 is 37.1. The van der Waals surface area contributed by atoms with E-state index in [-0.39, 0.29) is 23.5 Å². The van der Waals surface area contributed by atoms with Crippen LogP contribution in [0.25, 0.3) is 28.1 Å². The number of hydrogen-bond donors (Lipinski definition) is 0. The van der Waals surface area contributed by atoms with E-state index in [0.717, 1.165) is 61.8 Å². The van der Waals surface area contributed by atoms with Gasteiger partial charge in [0.2, 0.25) is 0 Å². The Bertz CT molecular complexity index is 1890. The molecule has 3 aromatic heterocycles. The topological polar surface area (TPSA) is 65.8 Å². The Morgan fingerprint density at radius 3 is 2.56 bits per heavy atom.